The van der Waals surface area contributed by atoms with Crippen LogP contribution >= 0.6 is 27.5 Å². The quantitative estimate of drug-likeness (QED) is 0.701. The van der Waals surface area contributed by atoms with Crippen molar-refractivity contribution in [3.63, 3.8) is 0 Å². The van der Waals surface area contributed by atoms with E-state index in [1.165, 1.54) is 31.4 Å². The minimum Gasteiger partial charge on any atom is -0.496 e. The van der Waals surface area contributed by atoms with E-state index in [0.29, 0.717) is 16.9 Å². The number of rotatable bonds is 3. The van der Waals surface area contributed by atoms with Crippen LogP contribution in [0.1, 0.15) is 16.0 Å². The summed E-state index contributed by atoms with van der Waals surface area (Å²) in [5, 5.41) is 0.0253. The molecule has 0 heterocycles. The lowest BCUT2D eigenvalue weighted by molar-refractivity contribution is 0.409. The fourth-order valence-corrected chi connectivity index (χ4v) is 2.68. The second kappa shape index (κ2) is 5.88. The number of hydrogen-bond donors (Lipinski definition) is 0. The number of methoxy groups -OCH3 is 1. The summed E-state index contributed by atoms with van der Waals surface area (Å²) in [5.41, 5.74) is 0.833. The lowest BCUT2D eigenvalue weighted by Gasteiger charge is -2.16. The molecule has 0 aliphatic rings. The molecule has 2 rings (SSSR count). The van der Waals surface area contributed by atoms with Crippen LogP contribution in [0.4, 0.5) is 8.78 Å². The fraction of sp³-hybridized carbons (Fsp3) is 0.143. The van der Waals surface area contributed by atoms with Crippen molar-refractivity contribution in [3.05, 3.63) is 64.2 Å². The molecule has 0 saturated carbocycles. The van der Waals surface area contributed by atoms with Crippen molar-refractivity contribution in [2.24, 2.45) is 0 Å². The van der Waals surface area contributed by atoms with Gasteiger partial charge in [-0.15, -0.1) is 0 Å². The average Bonchev–Trinajstić information content (AvgIpc) is 2.41. The summed E-state index contributed by atoms with van der Waals surface area (Å²) in [6.45, 7) is 0. The second-order valence-electron chi connectivity index (χ2n) is 3.89. The highest BCUT2D eigenvalue weighted by atomic mass is 79.9. The Balaban J connectivity index is 2.52. The Kier molecular flexibility index (Phi) is 4.42. The van der Waals surface area contributed by atoms with Gasteiger partial charge in [-0.2, -0.15) is 0 Å². The maximum absolute atomic E-state index is 14.0. The summed E-state index contributed by atoms with van der Waals surface area (Å²) >= 11 is 9.11. The first kappa shape index (κ1) is 14.3. The van der Waals surface area contributed by atoms with Gasteiger partial charge in [-0.05, 0) is 24.3 Å². The number of benzene rings is 2. The Labute approximate surface area is 123 Å². The normalized spacial score (nSPS) is 12.3. The lowest BCUT2D eigenvalue weighted by atomic mass is 10.0. The highest BCUT2D eigenvalue weighted by Gasteiger charge is 2.20. The molecule has 19 heavy (non-hydrogen) atoms. The third-order valence-electron chi connectivity index (χ3n) is 2.72. The highest BCUT2D eigenvalue weighted by Crippen LogP contribution is 2.39. The van der Waals surface area contributed by atoms with Crippen LogP contribution in [0.2, 0.25) is 5.02 Å². The van der Waals surface area contributed by atoms with E-state index < -0.39 is 16.5 Å². The van der Waals surface area contributed by atoms with Crippen molar-refractivity contribution in [2.45, 2.75) is 4.83 Å². The van der Waals surface area contributed by atoms with Crippen molar-refractivity contribution < 1.29 is 13.5 Å². The van der Waals surface area contributed by atoms with Gasteiger partial charge in [0.2, 0.25) is 0 Å². The largest absolute Gasteiger partial charge is 0.496 e. The van der Waals surface area contributed by atoms with Crippen molar-refractivity contribution in [1.29, 1.82) is 0 Å². The molecule has 0 amide bonds. The minimum atomic E-state index is -0.545. The molecule has 100 valence electrons. The third kappa shape index (κ3) is 2.90. The maximum Gasteiger partial charge on any atom is 0.146 e. The van der Waals surface area contributed by atoms with Gasteiger partial charge in [0.1, 0.15) is 17.4 Å². The first-order valence-corrected chi connectivity index (χ1v) is 6.75. The molecule has 0 saturated heterocycles. The molecule has 1 nitrogen and oxygen atoms in total. The van der Waals surface area contributed by atoms with E-state index in [4.69, 9.17) is 16.3 Å². The zero-order valence-corrected chi connectivity index (χ0v) is 12.3. The zero-order chi connectivity index (χ0) is 14.0. The average molecular weight is 348 g/mol. The molecule has 1 atom stereocenters. The standard InChI is InChI=1S/C14H10BrClF2O/c1-19-12-6-5-8(17)7-10(12)13(15)9-3-2-4-11(16)14(9)18/h2-7,13H,1H3. The van der Waals surface area contributed by atoms with Gasteiger partial charge >= 0.3 is 0 Å². The number of halogens is 4. The Hall–Kier alpha value is -1.13. The highest BCUT2D eigenvalue weighted by molar-refractivity contribution is 9.09. The second-order valence-corrected chi connectivity index (χ2v) is 5.21. The van der Waals surface area contributed by atoms with Gasteiger partial charge in [0.05, 0.1) is 17.0 Å². The molecular weight excluding hydrogens is 338 g/mol. The van der Waals surface area contributed by atoms with Gasteiger partial charge < -0.3 is 4.74 Å². The molecule has 0 N–H and O–H groups in total. The van der Waals surface area contributed by atoms with Gasteiger partial charge in [0, 0.05) is 11.1 Å². The molecule has 0 aliphatic carbocycles. The van der Waals surface area contributed by atoms with Crippen molar-refractivity contribution in [1.82, 2.24) is 0 Å². The summed E-state index contributed by atoms with van der Waals surface area (Å²) < 4.78 is 32.5. The van der Waals surface area contributed by atoms with E-state index >= 15 is 0 Å². The summed E-state index contributed by atoms with van der Waals surface area (Å²) in [7, 11) is 1.48. The topological polar surface area (TPSA) is 9.23 Å². The van der Waals surface area contributed by atoms with E-state index in [2.05, 4.69) is 15.9 Å². The fourth-order valence-electron chi connectivity index (χ4n) is 1.79. The van der Waals surface area contributed by atoms with Gasteiger partial charge in [0.15, 0.2) is 0 Å². The molecule has 0 fully saturated rings. The molecule has 5 heteroatoms. The van der Waals surface area contributed by atoms with Crippen molar-refractivity contribution >= 4 is 27.5 Å². The van der Waals surface area contributed by atoms with Gasteiger partial charge in [-0.1, -0.05) is 39.7 Å². The number of hydrogen-bond acceptors (Lipinski definition) is 1. The SMILES string of the molecule is COc1ccc(F)cc1C(Br)c1cccc(Cl)c1F. The zero-order valence-electron chi connectivity index (χ0n) is 9.96. The molecule has 0 aliphatic heterocycles. The Morgan fingerprint density at radius 1 is 1.16 bits per heavy atom. The molecular formula is C14H10BrClF2O. The molecule has 1 unspecified atom stereocenters. The molecule has 0 bridgehead atoms. The smallest absolute Gasteiger partial charge is 0.146 e. The summed E-state index contributed by atoms with van der Waals surface area (Å²) in [5.74, 6) is -0.470. The van der Waals surface area contributed by atoms with Crippen LogP contribution in [0.5, 0.6) is 5.75 Å². The molecule has 0 aromatic heterocycles. The van der Waals surface area contributed by atoms with Crippen LogP contribution in [-0.2, 0) is 0 Å². The summed E-state index contributed by atoms with van der Waals surface area (Å²) in [6, 6.07) is 8.78. The summed E-state index contributed by atoms with van der Waals surface area (Å²) in [4.78, 5) is -0.545. The van der Waals surface area contributed by atoms with Crippen LogP contribution in [0.15, 0.2) is 36.4 Å². The molecule has 2 aromatic rings. The molecule has 0 spiro atoms. The number of ether oxygens (including phenoxy) is 1. The Bertz CT molecular complexity index is 604. The first-order chi connectivity index (χ1) is 9.04. The van der Waals surface area contributed by atoms with Crippen LogP contribution in [-0.4, -0.2) is 7.11 Å². The van der Waals surface area contributed by atoms with E-state index in [1.807, 2.05) is 0 Å². The van der Waals surface area contributed by atoms with Gasteiger partial charge in [-0.3, -0.25) is 0 Å². The molecule has 2 aromatic carbocycles. The predicted octanol–water partition coefficient (Wildman–Crippen LogP) is 5.11. The van der Waals surface area contributed by atoms with Gasteiger partial charge in [0.25, 0.3) is 0 Å². The monoisotopic (exact) mass is 346 g/mol. The van der Waals surface area contributed by atoms with E-state index in [-0.39, 0.29) is 5.02 Å². The Morgan fingerprint density at radius 2 is 1.89 bits per heavy atom. The van der Waals surface area contributed by atoms with Crippen molar-refractivity contribution in [3.8, 4) is 5.75 Å². The first-order valence-electron chi connectivity index (χ1n) is 5.46. The van der Waals surface area contributed by atoms with Crippen molar-refractivity contribution in [2.75, 3.05) is 7.11 Å². The minimum absolute atomic E-state index is 0.0253. The summed E-state index contributed by atoms with van der Waals surface area (Å²) in [6.07, 6.45) is 0. The lowest BCUT2D eigenvalue weighted by Crippen LogP contribution is -2.00. The van der Waals surface area contributed by atoms with Crippen LogP contribution < -0.4 is 4.74 Å². The van der Waals surface area contributed by atoms with Crippen LogP contribution in [0, 0.1) is 11.6 Å². The molecule has 0 radical (unpaired) electrons. The number of alkyl halides is 1. The predicted molar refractivity (Wildman–Crippen MR) is 75.1 cm³/mol. The third-order valence-corrected chi connectivity index (χ3v) is 4.00. The van der Waals surface area contributed by atoms with Crippen LogP contribution in [0.3, 0.4) is 0 Å². The van der Waals surface area contributed by atoms with E-state index in [1.54, 1.807) is 12.1 Å². The van der Waals surface area contributed by atoms with Gasteiger partial charge in [-0.25, -0.2) is 8.78 Å². The van der Waals surface area contributed by atoms with Crippen LogP contribution in [0.25, 0.3) is 0 Å². The Morgan fingerprint density at radius 3 is 2.58 bits per heavy atom. The maximum atomic E-state index is 14.0. The van der Waals surface area contributed by atoms with E-state index in [0.717, 1.165) is 0 Å². The van der Waals surface area contributed by atoms with E-state index in [9.17, 15) is 8.78 Å².